The van der Waals surface area contributed by atoms with Gasteiger partial charge < -0.3 is 9.29 Å². The second-order valence-electron chi connectivity index (χ2n) is 5.54. The van der Waals surface area contributed by atoms with Crippen molar-refractivity contribution in [3.05, 3.63) is 64.7 Å². The first-order valence-corrected chi connectivity index (χ1v) is 8.65. The van der Waals surface area contributed by atoms with Crippen molar-refractivity contribution in [2.75, 3.05) is 7.11 Å². The molecule has 0 radical (unpaired) electrons. The van der Waals surface area contributed by atoms with E-state index in [0.29, 0.717) is 0 Å². The topological polar surface area (TPSA) is 49.4 Å². The van der Waals surface area contributed by atoms with Crippen LogP contribution in [0.5, 0.6) is 5.75 Å². The lowest BCUT2D eigenvalue weighted by Gasteiger charge is -2.17. The van der Waals surface area contributed by atoms with Crippen LogP contribution >= 0.6 is 0 Å². The third kappa shape index (κ3) is 4.09. The van der Waals surface area contributed by atoms with Crippen molar-refractivity contribution < 1.29 is 13.5 Å². The number of hydrogen-bond acceptors (Lipinski definition) is 3. The summed E-state index contributed by atoms with van der Waals surface area (Å²) in [4.78, 5) is 0. The van der Waals surface area contributed by atoms with Crippen molar-refractivity contribution in [2.24, 2.45) is 0 Å². The van der Waals surface area contributed by atoms with Crippen molar-refractivity contribution in [3.63, 3.8) is 0 Å². The van der Waals surface area contributed by atoms with E-state index in [2.05, 4.69) is 26.0 Å². The van der Waals surface area contributed by atoms with Gasteiger partial charge in [-0.3, -0.25) is 4.21 Å². The lowest BCUT2D eigenvalue weighted by atomic mass is 9.92. The van der Waals surface area contributed by atoms with E-state index in [0.717, 1.165) is 28.0 Å². The average molecular weight is 329 g/mol. The zero-order valence-corrected chi connectivity index (χ0v) is 14.7. The van der Waals surface area contributed by atoms with Crippen LogP contribution in [-0.2, 0) is 16.8 Å². The number of allylic oxidation sites excluding steroid dienone is 2. The van der Waals surface area contributed by atoms with Crippen LogP contribution in [0.25, 0.3) is 11.1 Å². The van der Waals surface area contributed by atoms with Crippen LogP contribution in [0.15, 0.2) is 42.5 Å². The Balaban J connectivity index is 2.60. The Kier molecular flexibility index (Phi) is 5.74. The Labute approximate surface area is 140 Å². The molecule has 0 spiro atoms. The molecule has 0 N–H and O–H groups in total. The second-order valence-corrected chi connectivity index (χ2v) is 6.43. The highest BCUT2D eigenvalue weighted by Gasteiger charge is 2.11. The standard InChI is InChI=1S/C19H22O3S/c1-13-7-5-6-8-18(13)14(2)15(3)19-11-17(22-4)10-9-16(19)12-23(20)21/h5-11H,12H2,1-4H3,(H,20,21)/p-1. The molecule has 0 saturated heterocycles. The molecular weight excluding hydrogens is 308 g/mol. The molecule has 0 aromatic heterocycles. The maximum Gasteiger partial charge on any atom is 0.119 e. The molecule has 2 aromatic rings. The maximum absolute atomic E-state index is 11.1. The highest BCUT2D eigenvalue weighted by Crippen LogP contribution is 2.32. The number of rotatable bonds is 5. The van der Waals surface area contributed by atoms with Crippen molar-refractivity contribution in [3.8, 4) is 5.75 Å². The molecule has 2 aromatic carbocycles. The normalized spacial score (nSPS) is 13.4. The van der Waals surface area contributed by atoms with Gasteiger partial charge in [0.2, 0.25) is 0 Å². The summed E-state index contributed by atoms with van der Waals surface area (Å²) >= 11 is -2.13. The van der Waals surface area contributed by atoms with Gasteiger partial charge in [0.25, 0.3) is 0 Å². The summed E-state index contributed by atoms with van der Waals surface area (Å²) in [5.74, 6) is 0.718. The van der Waals surface area contributed by atoms with Crippen LogP contribution in [-0.4, -0.2) is 15.9 Å². The quantitative estimate of drug-likeness (QED) is 0.606. The van der Waals surface area contributed by atoms with Crippen LogP contribution in [0.1, 0.15) is 36.1 Å². The van der Waals surface area contributed by atoms with Crippen molar-refractivity contribution in [1.29, 1.82) is 0 Å². The number of aryl methyl sites for hydroxylation is 1. The molecule has 1 atom stereocenters. The van der Waals surface area contributed by atoms with Crippen LogP contribution in [0, 0.1) is 6.92 Å². The van der Waals surface area contributed by atoms with E-state index in [1.165, 1.54) is 11.1 Å². The molecule has 0 heterocycles. The van der Waals surface area contributed by atoms with Crippen molar-refractivity contribution >= 4 is 22.2 Å². The highest BCUT2D eigenvalue weighted by atomic mass is 32.2. The smallest absolute Gasteiger partial charge is 0.119 e. The summed E-state index contributed by atoms with van der Waals surface area (Å²) in [6.07, 6.45) is 0. The fraction of sp³-hybridized carbons (Fsp3) is 0.263. The molecule has 3 nitrogen and oxygen atoms in total. The second kappa shape index (κ2) is 7.57. The van der Waals surface area contributed by atoms with Gasteiger partial charge in [0.15, 0.2) is 0 Å². The summed E-state index contributed by atoms with van der Waals surface area (Å²) in [7, 11) is 1.61. The Morgan fingerprint density at radius 1 is 1.09 bits per heavy atom. The largest absolute Gasteiger partial charge is 0.772 e. The number of benzene rings is 2. The van der Waals surface area contributed by atoms with Gasteiger partial charge in [0.1, 0.15) is 5.75 Å². The van der Waals surface area contributed by atoms with Gasteiger partial charge in [-0.25, -0.2) is 0 Å². The maximum atomic E-state index is 11.1. The first-order valence-electron chi connectivity index (χ1n) is 7.40. The Morgan fingerprint density at radius 2 is 1.74 bits per heavy atom. The zero-order chi connectivity index (χ0) is 17.0. The minimum absolute atomic E-state index is 0.00226. The Bertz CT molecular complexity index is 763. The molecule has 0 bridgehead atoms. The van der Waals surface area contributed by atoms with E-state index in [9.17, 15) is 8.76 Å². The van der Waals surface area contributed by atoms with E-state index >= 15 is 0 Å². The van der Waals surface area contributed by atoms with Gasteiger partial charge in [-0.05, 0) is 66.3 Å². The predicted octanol–water partition coefficient (Wildman–Crippen LogP) is 4.33. The molecule has 0 aliphatic carbocycles. The van der Waals surface area contributed by atoms with Crippen LogP contribution in [0.4, 0.5) is 0 Å². The van der Waals surface area contributed by atoms with Crippen LogP contribution < -0.4 is 4.74 Å². The van der Waals surface area contributed by atoms with Gasteiger partial charge >= 0.3 is 0 Å². The fourth-order valence-electron chi connectivity index (χ4n) is 2.68. The van der Waals surface area contributed by atoms with Gasteiger partial charge in [-0.1, -0.05) is 41.4 Å². The molecule has 0 fully saturated rings. The summed E-state index contributed by atoms with van der Waals surface area (Å²) in [6.45, 7) is 6.16. The Hall–Kier alpha value is -1.91. The highest BCUT2D eigenvalue weighted by molar-refractivity contribution is 7.78. The number of ether oxygens (including phenoxy) is 1. The third-order valence-corrected chi connectivity index (χ3v) is 4.65. The molecule has 23 heavy (non-hydrogen) atoms. The zero-order valence-electron chi connectivity index (χ0n) is 13.9. The number of hydrogen-bond donors (Lipinski definition) is 0. The molecule has 2 rings (SSSR count). The Morgan fingerprint density at radius 3 is 2.35 bits per heavy atom. The summed E-state index contributed by atoms with van der Waals surface area (Å²) in [5.41, 5.74) is 6.25. The first-order chi connectivity index (χ1) is 10.9. The monoisotopic (exact) mass is 329 g/mol. The van der Waals surface area contributed by atoms with Crippen molar-refractivity contribution in [1.82, 2.24) is 0 Å². The van der Waals surface area contributed by atoms with Crippen molar-refractivity contribution in [2.45, 2.75) is 26.5 Å². The van der Waals surface area contributed by atoms with Gasteiger partial charge in [-0.2, -0.15) is 0 Å². The molecule has 122 valence electrons. The lowest BCUT2D eigenvalue weighted by Crippen LogP contribution is -2.00. The molecular formula is C19H21O3S-. The molecule has 0 aliphatic heterocycles. The first kappa shape index (κ1) is 17.4. The van der Waals surface area contributed by atoms with Crippen LogP contribution in [0.3, 0.4) is 0 Å². The van der Waals surface area contributed by atoms with Gasteiger partial charge in [0, 0.05) is 5.75 Å². The lowest BCUT2D eigenvalue weighted by molar-refractivity contribution is 0.414. The van der Waals surface area contributed by atoms with E-state index in [1.807, 2.05) is 31.2 Å². The summed E-state index contributed by atoms with van der Waals surface area (Å²) in [5, 5.41) is 0. The predicted molar refractivity (Wildman–Crippen MR) is 95.0 cm³/mol. The van der Waals surface area contributed by atoms with Gasteiger partial charge in [0.05, 0.1) is 7.11 Å². The van der Waals surface area contributed by atoms with E-state index in [1.54, 1.807) is 13.2 Å². The minimum Gasteiger partial charge on any atom is -0.772 e. The third-order valence-electron chi connectivity index (χ3n) is 4.11. The van der Waals surface area contributed by atoms with Crippen LogP contribution in [0.2, 0.25) is 0 Å². The fourth-order valence-corrected chi connectivity index (χ4v) is 3.19. The molecule has 0 saturated carbocycles. The minimum atomic E-state index is -2.13. The van der Waals surface area contributed by atoms with E-state index in [4.69, 9.17) is 4.74 Å². The van der Waals surface area contributed by atoms with E-state index < -0.39 is 11.1 Å². The molecule has 0 amide bonds. The molecule has 1 unspecified atom stereocenters. The summed E-state index contributed by atoms with van der Waals surface area (Å²) in [6, 6.07) is 13.7. The SMILES string of the molecule is COc1ccc(CS(=O)[O-])c(C(C)=C(C)c2ccccc2C)c1. The molecule has 4 heteroatoms. The average Bonchev–Trinajstić information content (AvgIpc) is 2.54. The van der Waals surface area contributed by atoms with E-state index in [-0.39, 0.29) is 5.75 Å². The number of methoxy groups -OCH3 is 1. The molecule has 0 aliphatic rings. The van der Waals surface area contributed by atoms with Gasteiger partial charge in [-0.15, -0.1) is 0 Å². The summed E-state index contributed by atoms with van der Waals surface area (Å²) < 4.78 is 27.6.